The van der Waals surface area contributed by atoms with Gasteiger partial charge in [0.15, 0.2) is 22.3 Å². The van der Waals surface area contributed by atoms with E-state index in [2.05, 4.69) is 20.4 Å². The van der Waals surface area contributed by atoms with E-state index in [0.29, 0.717) is 16.5 Å². The van der Waals surface area contributed by atoms with Gasteiger partial charge in [0.25, 0.3) is 11.8 Å². The minimum Gasteiger partial charge on any atom is -0.504 e. The Morgan fingerprint density at radius 1 is 1.16 bits per heavy atom. The smallest absolute Gasteiger partial charge is 0.385 e. The number of hydrogen-bond acceptors (Lipinski definition) is 16. The molecule has 1 aliphatic carbocycles. The summed E-state index contributed by atoms with van der Waals surface area (Å²) in [7, 11) is 0. The van der Waals surface area contributed by atoms with Crippen LogP contribution >= 0.6 is 34.9 Å². The number of carboxylic acids is 2. The molecule has 2 aromatic heterocycles. The van der Waals surface area contributed by atoms with Crippen LogP contribution in [0.4, 0.5) is 10.9 Å². The van der Waals surface area contributed by atoms with Crippen molar-refractivity contribution in [2.24, 2.45) is 5.16 Å². The number of phenolic OH excluding ortho intramolecular Hbond substituents is 2. The molecule has 3 atom stereocenters. The lowest BCUT2D eigenvalue weighted by atomic mass is 9.96. The van der Waals surface area contributed by atoms with Gasteiger partial charge in [-0.2, -0.15) is 0 Å². The molecule has 2 aliphatic heterocycles. The van der Waals surface area contributed by atoms with E-state index in [1.165, 1.54) is 39.6 Å². The number of β-lactam (4-membered cyclic amide) rings is 1. The molecular weight excluding hydrogens is 715 g/mol. The summed E-state index contributed by atoms with van der Waals surface area (Å²) in [4.78, 5) is 66.2. The zero-order valence-corrected chi connectivity index (χ0v) is 28.3. The summed E-state index contributed by atoms with van der Waals surface area (Å²) in [5.41, 5.74) is 13.3. The Morgan fingerprint density at radius 2 is 1.92 bits per heavy atom. The van der Waals surface area contributed by atoms with Crippen LogP contribution in [-0.2, 0) is 36.9 Å². The van der Waals surface area contributed by atoms with Gasteiger partial charge in [0.2, 0.25) is 11.9 Å². The van der Waals surface area contributed by atoms with Crippen LogP contribution in [0.15, 0.2) is 45.2 Å². The van der Waals surface area contributed by atoms with E-state index in [-0.39, 0.29) is 33.6 Å². The Kier molecular flexibility index (Phi) is 9.62. The van der Waals surface area contributed by atoms with Gasteiger partial charge in [-0.15, -0.1) is 27.8 Å². The molecule has 4 heterocycles. The molecule has 0 bridgehead atoms. The summed E-state index contributed by atoms with van der Waals surface area (Å²) in [6.45, 7) is 0. The average Bonchev–Trinajstić information content (AvgIpc) is 3.52. The number of carbonyl (C=O) groups is 4. The number of phenols is 2. The fourth-order valence-corrected chi connectivity index (χ4v) is 8.66. The zero-order chi connectivity index (χ0) is 35.9. The number of hydrogen-bond donors (Lipinski definition) is 8. The highest BCUT2D eigenvalue weighted by molar-refractivity contribution is 8.01. The average molecular weight is 745 g/mol. The molecule has 262 valence electrons. The van der Waals surface area contributed by atoms with Gasteiger partial charge >= 0.3 is 17.1 Å². The summed E-state index contributed by atoms with van der Waals surface area (Å²) in [5, 5.41) is 46.7. The van der Waals surface area contributed by atoms with Crippen molar-refractivity contribution in [2.45, 2.75) is 48.4 Å². The molecule has 21 heteroatoms. The maximum Gasteiger partial charge on any atom is 0.385 e. The zero-order valence-electron chi connectivity index (χ0n) is 25.8. The highest BCUT2D eigenvalue weighted by Crippen LogP contribution is 2.41. The fraction of sp³-hybridized carbons (Fsp3) is 0.310. The van der Waals surface area contributed by atoms with Crippen LogP contribution in [0.3, 0.4) is 0 Å². The number of oxime groups is 1. The summed E-state index contributed by atoms with van der Waals surface area (Å²) in [5.74, 6) is 1.49. The molecule has 6 rings (SSSR count). The van der Waals surface area contributed by atoms with Crippen LogP contribution in [0.1, 0.15) is 41.5 Å². The molecular formula is C29H30N9O9S3+. The number of amides is 2. The first kappa shape index (κ1) is 34.6. The minimum absolute atomic E-state index is 0.0579. The predicted molar refractivity (Wildman–Crippen MR) is 180 cm³/mol. The third-order valence-electron chi connectivity index (χ3n) is 8.13. The number of rotatable bonds is 11. The van der Waals surface area contributed by atoms with Crippen molar-refractivity contribution in [2.75, 3.05) is 28.8 Å². The molecule has 0 radical (unpaired) electrons. The topological polar surface area (TPSA) is 294 Å². The van der Waals surface area contributed by atoms with Crippen LogP contribution in [0.25, 0.3) is 0 Å². The number of anilines is 2. The SMILES string of the molecule is Nc1nc(/C(=N/O[C@@H](C(=O)O)c2ccc(O)c(O)c2)C(=O)N[C@@H]2C(=O)N3C(C(=O)O)=C(CSc4nc(N)c5c([n+]4N)CCCC5)CS[C@H]23)cs1. The van der Waals surface area contributed by atoms with Gasteiger partial charge in [-0.25, -0.2) is 14.6 Å². The van der Waals surface area contributed by atoms with E-state index in [1.54, 1.807) is 0 Å². The number of nitrogens with one attached hydrogen (secondary N) is 1. The molecule has 18 nitrogen and oxygen atoms in total. The monoisotopic (exact) mass is 744 g/mol. The second-order valence-electron chi connectivity index (χ2n) is 11.3. The van der Waals surface area contributed by atoms with Crippen LogP contribution < -0.4 is 27.3 Å². The maximum absolute atomic E-state index is 13.5. The first-order valence-electron chi connectivity index (χ1n) is 14.9. The predicted octanol–water partition coefficient (Wildman–Crippen LogP) is 0.0713. The Bertz CT molecular complexity index is 1990. The van der Waals surface area contributed by atoms with Gasteiger partial charge in [-0.3, -0.25) is 20.3 Å². The molecule has 1 aromatic carbocycles. The number of nitrogen functional groups attached to an aromatic ring is 3. The lowest BCUT2D eigenvalue weighted by Gasteiger charge is -2.49. The first-order chi connectivity index (χ1) is 23.8. The minimum atomic E-state index is -1.82. The summed E-state index contributed by atoms with van der Waals surface area (Å²) in [6.07, 6.45) is 1.66. The number of nitrogens with two attached hydrogens (primary N) is 3. The van der Waals surface area contributed by atoms with Crippen LogP contribution in [-0.4, -0.2) is 87.7 Å². The van der Waals surface area contributed by atoms with Gasteiger partial charge in [0.1, 0.15) is 28.5 Å². The number of aliphatic carboxylic acids is 2. The van der Waals surface area contributed by atoms with Gasteiger partial charge in [-0.1, -0.05) is 11.2 Å². The van der Waals surface area contributed by atoms with E-state index < -0.39 is 58.5 Å². The highest BCUT2D eigenvalue weighted by Gasteiger charge is 2.54. The van der Waals surface area contributed by atoms with Crippen LogP contribution in [0, 0.1) is 0 Å². The van der Waals surface area contributed by atoms with Gasteiger partial charge in [-0.05, 0) is 53.7 Å². The van der Waals surface area contributed by atoms with E-state index in [4.69, 9.17) is 22.1 Å². The third kappa shape index (κ3) is 6.53. The molecule has 1 saturated heterocycles. The standard InChI is InChI=1S/C29H29N9O9S3/c30-22-13-3-1-2-4-15(13)38(32)29(35-22)50-9-12-8-48-25-19(24(42)37(25)20(12)26(43)44)34-23(41)18(14-10-49-28(31)33-14)36-47-21(27(45)46)11-5-6-16(39)17(40)7-11/h5-7,10,19,21,25,30H,1-4,8-9,32H2,(H7,31,33,34,36,39,40,41,43,44,45,46)/p+1/t19-,21-,25-/m1/s1. The molecule has 50 heavy (non-hydrogen) atoms. The van der Waals surface area contributed by atoms with E-state index >= 15 is 0 Å². The van der Waals surface area contributed by atoms with Crippen molar-refractivity contribution in [1.82, 2.24) is 20.2 Å². The normalized spacial score (nSPS) is 19.2. The summed E-state index contributed by atoms with van der Waals surface area (Å²) >= 11 is 3.41. The second-order valence-corrected chi connectivity index (χ2v) is 14.2. The quantitative estimate of drug-likeness (QED) is 0.0188. The fourth-order valence-electron chi connectivity index (χ4n) is 5.69. The molecule has 11 N–H and O–H groups in total. The molecule has 0 spiro atoms. The van der Waals surface area contributed by atoms with E-state index in [0.717, 1.165) is 65.3 Å². The molecule has 3 aromatic rings. The second kappa shape index (κ2) is 13.9. The maximum atomic E-state index is 13.5. The number of nitrogens with zero attached hydrogens (tertiary/aromatic N) is 5. The largest absolute Gasteiger partial charge is 0.504 e. The number of fused-ring (bicyclic) bond motifs is 2. The summed E-state index contributed by atoms with van der Waals surface area (Å²) < 4.78 is 1.49. The Labute approximate surface area is 295 Å². The Hall–Kier alpha value is -5.28. The van der Waals surface area contributed by atoms with Crippen molar-refractivity contribution in [3.8, 4) is 11.5 Å². The van der Waals surface area contributed by atoms with Gasteiger partial charge < -0.3 is 42.0 Å². The van der Waals surface area contributed by atoms with Crippen LogP contribution in [0.5, 0.6) is 11.5 Å². The molecule has 0 saturated carbocycles. The first-order valence-corrected chi connectivity index (χ1v) is 17.8. The Balaban J connectivity index is 1.20. The van der Waals surface area contributed by atoms with Crippen molar-refractivity contribution in [3.05, 3.63) is 57.4 Å². The van der Waals surface area contributed by atoms with Gasteiger partial charge in [0.05, 0.1) is 5.56 Å². The number of aromatic hydroxyl groups is 2. The number of benzene rings is 1. The molecule has 3 aliphatic rings. The number of carboxylic acid groups (broad SMARTS) is 2. The van der Waals surface area contributed by atoms with Crippen molar-refractivity contribution in [1.29, 1.82) is 0 Å². The third-order valence-corrected chi connectivity index (χ3v) is 11.2. The number of carbonyl (C=O) groups excluding carboxylic acids is 2. The number of thioether (sulfide) groups is 2. The molecule has 0 unspecified atom stereocenters. The van der Waals surface area contributed by atoms with E-state index in [9.17, 15) is 39.6 Å². The van der Waals surface area contributed by atoms with Crippen molar-refractivity contribution >= 4 is 75.3 Å². The lowest BCUT2D eigenvalue weighted by molar-refractivity contribution is -0.690. The lowest BCUT2D eigenvalue weighted by Crippen LogP contribution is -2.71. The van der Waals surface area contributed by atoms with Crippen LogP contribution in [0.2, 0.25) is 0 Å². The van der Waals surface area contributed by atoms with Crippen molar-refractivity contribution in [3.63, 3.8) is 0 Å². The highest BCUT2D eigenvalue weighted by atomic mass is 32.2. The summed E-state index contributed by atoms with van der Waals surface area (Å²) in [6, 6.07) is 2.02. The van der Waals surface area contributed by atoms with E-state index in [1.807, 2.05) is 0 Å². The number of aromatic nitrogens is 3. The van der Waals surface area contributed by atoms with Crippen molar-refractivity contribution < 1.29 is 49.1 Å². The molecule has 1 fully saturated rings. The number of thiazole rings is 1. The Morgan fingerprint density at radius 3 is 2.60 bits per heavy atom. The van der Waals surface area contributed by atoms with Gasteiger partial charge in [0, 0.05) is 28.9 Å². The molecule has 2 amide bonds.